The molecule has 0 aliphatic heterocycles. The van der Waals surface area contributed by atoms with E-state index in [1.165, 1.54) is 6.07 Å². The van der Waals surface area contributed by atoms with Gasteiger partial charge in [-0.1, -0.05) is 0 Å². The number of nitrogens with one attached hydrogen (secondary N) is 1. The predicted octanol–water partition coefficient (Wildman–Crippen LogP) is 3.57. The van der Waals surface area contributed by atoms with Crippen molar-refractivity contribution in [3.63, 3.8) is 0 Å². The van der Waals surface area contributed by atoms with E-state index in [0.29, 0.717) is 10.0 Å². The van der Waals surface area contributed by atoms with Crippen molar-refractivity contribution in [3.8, 4) is 0 Å². The number of halogens is 3. The first-order chi connectivity index (χ1) is 5.57. The average Bonchev–Trinajstić information content (AvgIpc) is 2.02. The van der Waals surface area contributed by atoms with Crippen LogP contribution in [-0.4, -0.2) is 0 Å². The second kappa shape index (κ2) is 3.72. The van der Waals surface area contributed by atoms with Crippen molar-refractivity contribution in [2.24, 2.45) is 0 Å². The van der Waals surface area contributed by atoms with Crippen molar-refractivity contribution in [2.75, 3.05) is 5.48 Å². The molecule has 0 saturated heterocycles. The van der Waals surface area contributed by atoms with Gasteiger partial charge in [0.2, 0.25) is 0 Å². The fourth-order valence-corrected chi connectivity index (χ4v) is 1.87. The zero-order valence-corrected chi connectivity index (χ0v) is 9.29. The Bertz CT molecular complexity index is 291. The van der Waals surface area contributed by atoms with Crippen LogP contribution in [0.2, 0.25) is 0 Å². The van der Waals surface area contributed by atoms with Gasteiger partial charge in [0.05, 0.1) is 10.2 Å². The molecular formula is C7H5Br2FNO-. The average molecular weight is 298 g/mol. The minimum atomic E-state index is -0.450. The van der Waals surface area contributed by atoms with Crippen molar-refractivity contribution in [1.82, 2.24) is 0 Å². The Hall–Kier alpha value is -0.130. The fourth-order valence-electron chi connectivity index (χ4n) is 0.819. The Kier molecular flexibility index (Phi) is 3.09. The van der Waals surface area contributed by atoms with Gasteiger partial charge in [-0.15, -0.1) is 0 Å². The van der Waals surface area contributed by atoms with E-state index in [2.05, 4.69) is 31.9 Å². The van der Waals surface area contributed by atoms with Crippen LogP contribution in [0.5, 0.6) is 0 Å². The molecule has 1 aromatic carbocycles. The van der Waals surface area contributed by atoms with Crippen LogP contribution in [-0.2, 0) is 0 Å². The van der Waals surface area contributed by atoms with E-state index in [-0.39, 0.29) is 10.2 Å². The van der Waals surface area contributed by atoms with Gasteiger partial charge >= 0.3 is 0 Å². The highest BCUT2D eigenvalue weighted by Crippen LogP contribution is 2.35. The smallest absolute Gasteiger partial charge is 0.139 e. The summed E-state index contributed by atoms with van der Waals surface area (Å²) in [5.41, 5.74) is 2.52. The predicted molar refractivity (Wildman–Crippen MR) is 53.5 cm³/mol. The van der Waals surface area contributed by atoms with E-state index in [9.17, 15) is 9.60 Å². The Morgan fingerprint density at radius 2 is 2.00 bits per heavy atom. The standard InChI is InChI=1S/C7H5Br2FNO/c1-3-2-4(10)6(9)7(11-12)5(3)8/h2,11H,1H3/q-1. The molecule has 1 N–H and O–H groups in total. The van der Waals surface area contributed by atoms with E-state index in [4.69, 9.17) is 0 Å². The molecule has 0 aromatic heterocycles. The van der Waals surface area contributed by atoms with E-state index in [1.54, 1.807) is 12.4 Å². The molecule has 1 aromatic rings. The zero-order chi connectivity index (χ0) is 9.30. The molecule has 0 aliphatic carbocycles. The van der Waals surface area contributed by atoms with Gasteiger partial charge in [-0.3, -0.25) is 0 Å². The topological polar surface area (TPSA) is 35.1 Å². The maximum Gasteiger partial charge on any atom is 0.139 e. The third kappa shape index (κ3) is 1.62. The quantitative estimate of drug-likeness (QED) is 0.635. The first-order valence-corrected chi connectivity index (χ1v) is 4.68. The highest BCUT2D eigenvalue weighted by molar-refractivity contribution is 9.11. The van der Waals surface area contributed by atoms with Gasteiger partial charge in [0.25, 0.3) is 0 Å². The Morgan fingerprint density at radius 1 is 1.42 bits per heavy atom. The lowest BCUT2D eigenvalue weighted by molar-refractivity contribution is 0.620. The summed E-state index contributed by atoms with van der Waals surface area (Å²) in [6.45, 7) is 1.71. The van der Waals surface area contributed by atoms with Crippen LogP contribution >= 0.6 is 31.9 Å². The number of aryl methyl sites for hydroxylation is 1. The van der Waals surface area contributed by atoms with Gasteiger partial charge in [-0.05, 0) is 50.4 Å². The van der Waals surface area contributed by atoms with E-state index < -0.39 is 5.82 Å². The second-order valence-electron chi connectivity index (χ2n) is 2.28. The van der Waals surface area contributed by atoms with Crippen molar-refractivity contribution in [2.45, 2.75) is 6.92 Å². The molecule has 0 bridgehead atoms. The van der Waals surface area contributed by atoms with Crippen molar-refractivity contribution < 1.29 is 4.39 Å². The molecule has 1 rings (SSSR count). The SMILES string of the molecule is Cc1cc(F)c(Br)c(N[O-])c1Br. The van der Waals surface area contributed by atoms with Crippen LogP contribution in [0.1, 0.15) is 5.56 Å². The number of rotatable bonds is 1. The molecule has 66 valence electrons. The minimum Gasteiger partial charge on any atom is -0.761 e. The maximum atomic E-state index is 13.0. The van der Waals surface area contributed by atoms with Crippen molar-refractivity contribution in [3.05, 3.63) is 31.6 Å². The Labute approximate surface area is 86.0 Å². The molecule has 12 heavy (non-hydrogen) atoms. The highest BCUT2D eigenvalue weighted by atomic mass is 79.9. The summed E-state index contributed by atoms with van der Waals surface area (Å²) in [4.78, 5) is 0. The number of benzene rings is 1. The van der Waals surface area contributed by atoms with Crippen LogP contribution < -0.4 is 5.48 Å². The summed E-state index contributed by atoms with van der Waals surface area (Å²) in [5.74, 6) is -0.450. The van der Waals surface area contributed by atoms with Crippen molar-refractivity contribution >= 4 is 37.5 Å². The first kappa shape index (κ1) is 9.95. The molecule has 0 saturated carbocycles. The van der Waals surface area contributed by atoms with Gasteiger partial charge in [0, 0.05) is 4.47 Å². The third-order valence-corrected chi connectivity index (χ3v) is 3.24. The molecule has 0 heterocycles. The monoisotopic (exact) mass is 296 g/mol. The summed E-state index contributed by atoms with van der Waals surface area (Å²) in [6, 6.07) is 1.34. The van der Waals surface area contributed by atoms with Crippen LogP contribution in [0.4, 0.5) is 10.1 Å². The molecule has 0 spiro atoms. The van der Waals surface area contributed by atoms with Gasteiger partial charge in [-0.2, -0.15) is 0 Å². The van der Waals surface area contributed by atoms with Gasteiger partial charge in [0.1, 0.15) is 5.82 Å². The minimum absolute atomic E-state index is 0.148. The molecule has 2 nitrogen and oxygen atoms in total. The van der Waals surface area contributed by atoms with Crippen LogP contribution in [0.15, 0.2) is 15.0 Å². The molecule has 0 atom stereocenters. The summed E-state index contributed by atoms with van der Waals surface area (Å²) >= 11 is 6.12. The molecule has 0 aliphatic rings. The summed E-state index contributed by atoms with van der Waals surface area (Å²) < 4.78 is 13.7. The Morgan fingerprint density at radius 3 is 2.50 bits per heavy atom. The second-order valence-corrected chi connectivity index (χ2v) is 3.87. The number of anilines is 1. The highest BCUT2D eigenvalue weighted by Gasteiger charge is 2.09. The molecule has 0 radical (unpaired) electrons. The molecule has 0 fully saturated rings. The Balaban J connectivity index is 3.42. The van der Waals surface area contributed by atoms with E-state index in [0.717, 1.165) is 0 Å². The van der Waals surface area contributed by atoms with Gasteiger partial charge in [-0.25, -0.2) is 4.39 Å². The molecule has 5 heteroatoms. The lowest BCUT2D eigenvalue weighted by atomic mass is 10.2. The summed E-state index contributed by atoms with van der Waals surface area (Å²) in [7, 11) is 0. The van der Waals surface area contributed by atoms with Crippen LogP contribution in [0, 0.1) is 17.9 Å². The molecule has 0 unspecified atom stereocenters. The lowest BCUT2D eigenvalue weighted by Crippen LogP contribution is -1.93. The van der Waals surface area contributed by atoms with Crippen molar-refractivity contribution in [1.29, 1.82) is 0 Å². The van der Waals surface area contributed by atoms with E-state index in [1.807, 2.05) is 0 Å². The van der Waals surface area contributed by atoms with Crippen LogP contribution in [0.25, 0.3) is 0 Å². The third-order valence-electron chi connectivity index (χ3n) is 1.44. The van der Waals surface area contributed by atoms with Gasteiger partial charge < -0.3 is 10.7 Å². The number of hydrogen-bond acceptors (Lipinski definition) is 2. The van der Waals surface area contributed by atoms with E-state index >= 15 is 0 Å². The van der Waals surface area contributed by atoms with Gasteiger partial charge in [0.15, 0.2) is 0 Å². The summed E-state index contributed by atoms with van der Waals surface area (Å²) in [6.07, 6.45) is 0. The maximum absolute atomic E-state index is 13.0. The molecular weight excluding hydrogens is 293 g/mol. The summed E-state index contributed by atoms with van der Waals surface area (Å²) in [5, 5.41) is 10.4. The molecule has 0 amide bonds. The number of hydrogen-bond donors (Lipinski definition) is 1. The first-order valence-electron chi connectivity index (χ1n) is 3.10. The zero-order valence-electron chi connectivity index (χ0n) is 6.12. The van der Waals surface area contributed by atoms with Crippen LogP contribution in [0.3, 0.4) is 0 Å². The lowest BCUT2D eigenvalue weighted by Gasteiger charge is -2.15. The largest absolute Gasteiger partial charge is 0.761 e. The normalized spacial score (nSPS) is 10.1. The fraction of sp³-hybridized carbons (Fsp3) is 0.143.